The van der Waals surface area contributed by atoms with Crippen LogP contribution < -0.4 is 0 Å². The first kappa shape index (κ1) is 32.2. The van der Waals surface area contributed by atoms with Crippen LogP contribution >= 0.6 is 11.3 Å². The van der Waals surface area contributed by atoms with Crippen LogP contribution in [0.1, 0.15) is 0 Å². The molecule has 0 fully saturated rings. The van der Waals surface area contributed by atoms with Gasteiger partial charge in [-0.15, -0.1) is 11.3 Å². The SMILES string of the molecule is c1ccc(-c2ccc3c(c2)sc2c(-c4ccc(-c5ccc(-c6nc(-c7ccccc7)nc(-c7cccc8oc9ccccc9c78)n6)cc5)cc4)cccc23)cc1. The molecule has 8 aromatic carbocycles. The van der Waals surface area contributed by atoms with Crippen LogP contribution in [-0.2, 0) is 0 Å². The van der Waals surface area contributed by atoms with E-state index in [1.807, 2.05) is 72.0 Å². The molecule has 5 heteroatoms. The summed E-state index contributed by atoms with van der Waals surface area (Å²) in [7, 11) is 0. The van der Waals surface area contributed by atoms with Gasteiger partial charge in [0, 0.05) is 47.6 Å². The summed E-state index contributed by atoms with van der Waals surface area (Å²) in [5.41, 5.74) is 11.6. The summed E-state index contributed by atoms with van der Waals surface area (Å²) in [5.74, 6) is 1.85. The maximum Gasteiger partial charge on any atom is 0.164 e. The van der Waals surface area contributed by atoms with Crippen molar-refractivity contribution in [3.05, 3.63) is 188 Å². The summed E-state index contributed by atoms with van der Waals surface area (Å²) in [5, 5.41) is 4.64. The number of fused-ring (bicyclic) bond motifs is 6. The van der Waals surface area contributed by atoms with E-state index in [0.717, 1.165) is 49.8 Å². The van der Waals surface area contributed by atoms with E-state index in [4.69, 9.17) is 19.4 Å². The summed E-state index contributed by atoms with van der Waals surface area (Å²) in [6, 6.07) is 65.8. The van der Waals surface area contributed by atoms with Crippen molar-refractivity contribution >= 4 is 53.4 Å². The Morgan fingerprint density at radius 2 is 0.857 bits per heavy atom. The molecule has 3 heterocycles. The number of hydrogen-bond donors (Lipinski definition) is 0. The minimum absolute atomic E-state index is 0.607. The third-order valence-corrected chi connectivity index (χ3v) is 11.8. The zero-order valence-corrected chi connectivity index (χ0v) is 30.9. The van der Waals surface area contributed by atoms with E-state index in [1.165, 1.54) is 42.4 Å². The molecule has 0 spiro atoms. The van der Waals surface area contributed by atoms with Gasteiger partial charge in [0.15, 0.2) is 17.5 Å². The molecule has 0 aliphatic rings. The number of nitrogens with zero attached hydrogens (tertiary/aromatic N) is 3. The third kappa shape index (κ3) is 5.56. The number of benzene rings is 8. The van der Waals surface area contributed by atoms with E-state index in [-0.39, 0.29) is 0 Å². The van der Waals surface area contributed by atoms with Gasteiger partial charge in [-0.1, -0.05) is 170 Å². The van der Waals surface area contributed by atoms with Gasteiger partial charge in [-0.05, 0) is 51.6 Å². The van der Waals surface area contributed by atoms with Crippen molar-refractivity contribution in [1.29, 1.82) is 0 Å². The third-order valence-electron chi connectivity index (χ3n) is 10.6. The van der Waals surface area contributed by atoms with Crippen LogP contribution in [0.2, 0.25) is 0 Å². The molecule has 56 heavy (non-hydrogen) atoms. The average molecular weight is 734 g/mol. The number of thiophene rings is 1. The molecule has 3 aromatic heterocycles. The monoisotopic (exact) mass is 733 g/mol. The number of para-hydroxylation sites is 1. The number of hydrogen-bond acceptors (Lipinski definition) is 5. The normalized spacial score (nSPS) is 11.6. The molecular formula is C51H31N3OS. The van der Waals surface area contributed by atoms with Crippen LogP contribution in [0.15, 0.2) is 192 Å². The highest BCUT2D eigenvalue weighted by Gasteiger charge is 2.18. The molecule has 0 atom stereocenters. The lowest BCUT2D eigenvalue weighted by molar-refractivity contribution is 0.669. The smallest absolute Gasteiger partial charge is 0.164 e. The van der Waals surface area contributed by atoms with Crippen LogP contribution in [0.4, 0.5) is 0 Å². The van der Waals surface area contributed by atoms with Gasteiger partial charge in [0.25, 0.3) is 0 Å². The molecule has 0 aliphatic carbocycles. The fourth-order valence-corrected chi connectivity index (χ4v) is 9.07. The van der Waals surface area contributed by atoms with Crippen molar-refractivity contribution in [2.75, 3.05) is 0 Å². The standard InChI is InChI=1S/C51H31N3OS/c1-3-11-32(12-4-1)38-29-30-40-41-17-9-16-39(48(41)56-46(40)31-38)35-25-21-33(22-26-35)34-23-27-37(28-24-34)50-52-49(36-13-5-2-6-14-36)53-51(54-50)43-18-10-20-45-47(43)42-15-7-8-19-44(42)55-45/h1-31H. The fraction of sp³-hybridized carbons (Fsp3) is 0. The highest BCUT2D eigenvalue weighted by molar-refractivity contribution is 7.26. The first-order valence-corrected chi connectivity index (χ1v) is 19.5. The largest absolute Gasteiger partial charge is 0.456 e. The molecule has 0 bridgehead atoms. The van der Waals surface area contributed by atoms with Crippen molar-refractivity contribution in [3.63, 3.8) is 0 Å². The van der Waals surface area contributed by atoms with E-state index >= 15 is 0 Å². The van der Waals surface area contributed by atoms with Crippen LogP contribution in [0.3, 0.4) is 0 Å². The molecule has 11 rings (SSSR count). The van der Waals surface area contributed by atoms with Gasteiger partial charge < -0.3 is 4.42 Å². The Hall–Kier alpha value is -7.21. The van der Waals surface area contributed by atoms with Crippen molar-refractivity contribution < 1.29 is 4.42 Å². The Kier molecular flexibility index (Phi) is 7.64. The summed E-state index contributed by atoms with van der Waals surface area (Å²) < 4.78 is 8.83. The Morgan fingerprint density at radius 1 is 0.339 bits per heavy atom. The van der Waals surface area contributed by atoms with Crippen LogP contribution in [0.5, 0.6) is 0 Å². The van der Waals surface area contributed by atoms with Gasteiger partial charge in [-0.2, -0.15) is 0 Å². The topological polar surface area (TPSA) is 51.8 Å². The molecular weight excluding hydrogens is 703 g/mol. The van der Waals surface area contributed by atoms with E-state index in [0.29, 0.717) is 17.5 Å². The van der Waals surface area contributed by atoms with Crippen LogP contribution in [0.25, 0.3) is 110 Å². The first-order chi connectivity index (χ1) is 27.7. The number of aromatic nitrogens is 3. The van der Waals surface area contributed by atoms with Crippen molar-refractivity contribution in [3.8, 4) is 67.5 Å². The van der Waals surface area contributed by atoms with Crippen molar-refractivity contribution in [1.82, 2.24) is 15.0 Å². The van der Waals surface area contributed by atoms with Gasteiger partial charge in [-0.3, -0.25) is 0 Å². The van der Waals surface area contributed by atoms with E-state index in [1.54, 1.807) is 0 Å². The van der Waals surface area contributed by atoms with E-state index in [2.05, 4.69) is 127 Å². The minimum Gasteiger partial charge on any atom is -0.456 e. The highest BCUT2D eigenvalue weighted by Crippen LogP contribution is 2.42. The average Bonchev–Trinajstić information content (AvgIpc) is 3.85. The van der Waals surface area contributed by atoms with Gasteiger partial charge in [0.2, 0.25) is 0 Å². The quantitative estimate of drug-likeness (QED) is 0.171. The second-order valence-corrected chi connectivity index (χ2v) is 15.0. The Balaban J connectivity index is 0.937. The van der Waals surface area contributed by atoms with E-state index < -0.39 is 0 Å². The molecule has 4 nitrogen and oxygen atoms in total. The van der Waals surface area contributed by atoms with Crippen molar-refractivity contribution in [2.45, 2.75) is 0 Å². The predicted molar refractivity (Wildman–Crippen MR) is 233 cm³/mol. The lowest BCUT2D eigenvalue weighted by Gasteiger charge is -2.10. The Morgan fingerprint density at radius 3 is 1.61 bits per heavy atom. The predicted octanol–water partition coefficient (Wildman–Crippen LogP) is 14.1. The molecule has 0 amide bonds. The lowest BCUT2D eigenvalue weighted by Crippen LogP contribution is -2.00. The lowest BCUT2D eigenvalue weighted by atomic mass is 9.98. The maximum atomic E-state index is 6.21. The molecule has 0 radical (unpaired) electrons. The summed E-state index contributed by atoms with van der Waals surface area (Å²) in [4.78, 5) is 15.1. The Bertz CT molecular complexity index is 3220. The van der Waals surface area contributed by atoms with Gasteiger partial charge in [0.1, 0.15) is 11.2 Å². The number of rotatable bonds is 6. The molecule has 11 aromatic rings. The molecule has 0 saturated carbocycles. The maximum absolute atomic E-state index is 6.21. The zero-order chi connectivity index (χ0) is 37.0. The first-order valence-electron chi connectivity index (χ1n) is 18.7. The Labute approximate surface area is 327 Å². The summed E-state index contributed by atoms with van der Waals surface area (Å²) >= 11 is 1.87. The number of furan rings is 1. The van der Waals surface area contributed by atoms with Gasteiger partial charge in [0.05, 0.1) is 0 Å². The van der Waals surface area contributed by atoms with Crippen molar-refractivity contribution in [2.24, 2.45) is 0 Å². The van der Waals surface area contributed by atoms with Gasteiger partial charge in [-0.25, -0.2) is 15.0 Å². The molecule has 0 aliphatic heterocycles. The summed E-state index contributed by atoms with van der Waals surface area (Å²) in [6.45, 7) is 0. The van der Waals surface area contributed by atoms with Crippen LogP contribution in [-0.4, -0.2) is 15.0 Å². The minimum atomic E-state index is 0.607. The van der Waals surface area contributed by atoms with Crippen LogP contribution in [0, 0.1) is 0 Å². The molecule has 0 unspecified atom stereocenters. The highest BCUT2D eigenvalue weighted by atomic mass is 32.1. The molecule has 0 N–H and O–H groups in total. The fourth-order valence-electron chi connectivity index (χ4n) is 7.79. The molecule has 0 saturated heterocycles. The zero-order valence-electron chi connectivity index (χ0n) is 30.1. The van der Waals surface area contributed by atoms with E-state index in [9.17, 15) is 0 Å². The summed E-state index contributed by atoms with van der Waals surface area (Å²) in [6.07, 6.45) is 0. The molecule has 262 valence electrons. The van der Waals surface area contributed by atoms with Gasteiger partial charge >= 0.3 is 0 Å². The second-order valence-electron chi connectivity index (χ2n) is 14.0. The second kappa shape index (κ2) is 13.3.